The largest absolute Gasteiger partial charge is 0.491 e. The average molecular weight is 428 g/mol. The number of ether oxygens (including phenoxy) is 3. The van der Waals surface area contributed by atoms with Crippen molar-refractivity contribution in [3.63, 3.8) is 0 Å². The van der Waals surface area contributed by atoms with E-state index < -0.39 is 17.6 Å². The van der Waals surface area contributed by atoms with E-state index in [4.69, 9.17) is 19.2 Å². The zero-order valence-electron chi connectivity index (χ0n) is 18.3. The number of hydrogen-bond acceptors (Lipinski definition) is 6. The van der Waals surface area contributed by atoms with Crippen LogP contribution in [0, 0.1) is 5.41 Å². The molecular weight excluding hydrogens is 400 g/mol. The summed E-state index contributed by atoms with van der Waals surface area (Å²) in [6.45, 7) is 7.14. The highest BCUT2D eigenvalue weighted by Gasteiger charge is 2.39. The van der Waals surface area contributed by atoms with Crippen molar-refractivity contribution in [2.45, 2.75) is 52.1 Å². The number of hydrogen-bond donors (Lipinski definition) is 2. The van der Waals surface area contributed by atoms with Gasteiger partial charge in [0, 0.05) is 43.1 Å². The quantitative estimate of drug-likeness (QED) is 0.643. The summed E-state index contributed by atoms with van der Waals surface area (Å²) in [5.74, 6) is 0.265. The smallest absolute Gasteiger partial charge is 0.341 e. The SMILES string of the molecule is COCCCOc1cc2c(nc1C1CC1)-c1[nH]c(=O)c(C(=O)O)cc1[C@@H](C(C)(C)C)O2. The van der Waals surface area contributed by atoms with Crippen molar-refractivity contribution in [2.24, 2.45) is 5.41 Å². The maximum Gasteiger partial charge on any atom is 0.341 e. The van der Waals surface area contributed by atoms with Gasteiger partial charge in [-0.3, -0.25) is 4.79 Å². The number of pyridine rings is 2. The fraction of sp³-hybridized carbons (Fsp3) is 0.522. The molecule has 0 saturated heterocycles. The molecule has 1 aliphatic carbocycles. The van der Waals surface area contributed by atoms with Gasteiger partial charge in [0.25, 0.3) is 5.56 Å². The molecule has 0 unspecified atom stereocenters. The fourth-order valence-electron chi connectivity index (χ4n) is 3.85. The molecule has 3 heterocycles. The molecule has 8 heteroatoms. The van der Waals surface area contributed by atoms with Gasteiger partial charge in [-0.05, 0) is 18.9 Å². The minimum Gasteiger partial charge on any atom is -0.491 e. The number of aromatic carboxylic acids is 1. The molecule has 1 atom stereocenters. The second-order valence-electron chi connectivity index (χ2n) is 9.20. The Balaban J connectivity index is 1.84. The van der Waals surface area contributed by atoms with Crippen molar-refractivity contribution in [3.05, 3.63) is 39.3 Å². The molecule has 2 aromatic rings. The first kappa shape index (κ1) is 21.4. The molecule has 2 aliphatic rings. The highest BCUT2D eigenvalue weighted by atomic mass is 16.5. The van der Waals surface area contributed by atoms with Crippen molar-refractivity contribution in [1.29, 1.82) is 0 Å². The van der Waals surface area contributed by atoms with Crippen LogP contribution in [0.3, 0.4) is 0 Å². The number of aromatic nitrogens is 2. The van der Waals surface area contributed by atoms with Crippen LogP contribution in [0.25, 0.3) is 11.4 Å². The van der Waals surface area contributed by atoms with Gasteiger partial charge in [-0.2, -0.15) is 0 Å². The maximum absolute atomic E-state index is 12.5. The monoisotopic (exact) mass is 428 g/mol. The van der Waals surface area contributed by atoms with E-state index in [1.807, 2.05) is 26.8 Å². The molecule has 31 heavy (non-hydrogen) atoms. The van der Waals surface area contributed by atoms with Crippen molar-refractivity contribution in [2.75, 3.05) is 20.3 Å². The molecule has 8 nitrogen and oxygen atoms in total. The molecule has 2 N–H and O–H groups in total. The van der Waals surface area contributed by atoms with Gasteiger partial charge >= 0.3 is 5.97 Å². The van der Waals surface area contributed by atoms with Crippen LogP contribution in [-0.4, -0.2) is 41.4 Å². The highest BCUT2D eigenvalue weighted by Crippen LogP contribution is 2.51. The van der Waals surface area contributed by atoms with Crippen LogP contribution in [0.4, 0.5) is 0 Å². The standard InChI is InChI=1S/C23H28N2O6/c1-23(2,3)20-13-10-14(22(27)28)21(26)25-18(13)19-16(31-20)11-15(30-9-5-8-29-4)17(24-19)12-6-7-12/h10-12,20H,5-9H2,1-4H3,(H,25,26)(H,27,28)/t20-/m0/s1. The number of aromatic amines is 1. The lowest BCUT2D eigenvalue weighted by Crippen LogP contribution is -2.31. The fourth-order valence-corrected chi connectivity index (χ4v) is 3.85. The molecule has 0 amide bonds. The first-order valence-corrected chi connectivity index (χ1v) is 10.5. The van der Waals surface area contributed by atoms with E-state index in [0.29, 0.717) is 47.6 Å². The third-order valence-corrected chi connectivity index (χ3v) is 5.55. The van der Waals surface area contributed by atoms with Crippen molar-refractivity contribution >= 4 is 5.97 Å². The molecule has 0 bridgehead atoms. The zero-order valence-corrected chi connectivity index (χ0v) is 18.3. The van der Waals surface area contributed by atoms with Crippen molar-refractivity contribution in [3.8, 4) is 22.9 Å². The normalized spacial score (nSPS) is 17.5. The molecule has 1 aliphatic heterocycles. The van der Waals surface area contributed by atoms with E-state index in [2.05, 4.69) is 4.98 Å². The van der Waals surface area contributed by atoms with Gasteiger partial charge in [0.05, 0.1) is 18.0 Å². The Labute approximate surface area is 180 Å². The first-order chi connectivity index (χ1) is 14.7. The van der Waals surface area contributed by atoms with Gasteiger partial charge in [-0.15, -0.1) is 0 Å². The topological polar surface area (TPSA) is 111 Å². The lowest BCUT2D eigenvalue weighted by Gasteiger charge is -2.36. The summed E-state index contributed by atoms with van der Waals surface area (Å²) in [6.07, 6.45) is 2.37. The minimum absolute atomic E-state index is 0.305. The average Bonchev–Trinajstić information content (AvgIpc) is 3.54. The number of carboxylic acid groups (broad SMARTS) is 1. The molecule has 166 valence electrons. The van der Waals surface area contributed by atoms with Gasteiger partial charge < -0.3 is 24.3 Å². The molecule has 0 spiro atoms. The van der Waals surface area contributed by atoms with Crippen LogP contribution >= 0.6 is 0 Å². The number of nitrogens with one attached hydrogen (secondary N) is 1. The van der Waals surface area contributed by atoms with Crippen LogP contribution in [0.2, 0.25) is 0 Å². The maximum atomic E-state index is 12.5. The summed E-state index contributed by atoms with van der Waals surface area (Å²) in [5.41, 5.74) is 1.21. The zero-order chi connectivity index (χ0) is 22.3. The van der Waals surface area contributed by atoms with Crippen LogP contribution in [0.1, 0.15) is 73.7 Å². The molecule has 1 saturated carbocycles. The van der Waals surface area contributed by atoms with E-state index in [9.17, 15) is 14.7 Å². The number of H-pyrrole nitrogens is 1. The summed E-state index contributed by atoms with van der Waals surface area (Å²) in [7, 11) is 1.66. The Kier molecular flexibility index (Phi) is 5.51. The Hall–Kier alpha value is -2.87. The Morgan fingerprint density at radius 1 is 1.29 bits per heavy atom. The van der Waals surface area contributed by atoms with Crippen molar-refractivity contribution < 1.29 is 24.1 Å². The number of carboxylic acids is 1. The van der Waals surface area contributed by atoms with Crippen molar-refractivity contribution in [1.82, 2.24) is 9.97 Å². The lowest BCUT2D eigenvalue weighted by molar-refractivity contribution is 0.0690. The third kappa shape index (κ3) is 4.17. The predicted octanol–water partition coefficient (Wildman–Crippen LogP) is 3.91. The lowest BCUT2D eigenvalue weighted by atomic mass is 9.81. The summed E-state index contributed by atoms with van der Waals surface area (Å²) >= 11 is 0. The minimum atomic E-state index is -1.27. The number of rotatable bonds is 7. The van der Waals surface area contributed by atoms with Crippen LogP contribution < -0.4 is 15.0 Å². The Morgan fingerprint density at radius 2 is 2.03 bits per heavy atom. The van der Waals surface area contributed by atoms with Gasteiger partial charge in [0.2, 0.25) is 0 Å². The summed E-state index contributed by atoms with van der Waals surface area (Å²) < 4.78 is 17.4. The van der Waals surface area contributed by atoms with E-state index in [1.54, 1.807) is 7.11 Å². The third-order valence-electron chi connectivity index (χ3n) is 5.55. The molecular formula is C23H28N2O6. The van der Waals surface area contributed by atoms with E-state index in [-0.39, 0.29) is 11.0 Å². The second kappa shape index (κ2) is 8.00. The van der Waals surface area contributed by atoms with Crippen LogP contribution in [-0.2, 0) is 4.74 Å². The van der Waals surface area contributed by atoms with E-state index >= 15 is 0 Å². The number of nitrogens with zero attached hydrogens (tertiary/aromatic N) is 1. The van der Waals surface area contributed by atoms with Gasteiger partial charge in [-0.25, -0.2) is 9.78 Å². The van der Waals surface area contributed by atoms with Gasteiger partial charge in [0.1, 0.15) is 23.1 Å². The number of methoxy groups -OCH3 is 1. The molecule has 4 rings (SSSR count). The van der Waals surface area contributed by atoms with E-state index in [0.717, 1.165) is 25.0 Å². The second-order valence-corrected chi connectivity index (χ2v) is 9.20. The predicted molar refractivity (Wildman–Crippen MR) is 114 cm³/mol. The van der Waals surface area contributed by atoms with Gasteiger partial charge in [-0.1, -0.05) is 20.8 Å². The van der Waals surface area contributed by atoms with E-state index in [1.165, 1.54) is 6.07 Å². The molecule has 2 aromatic heterocycles. The summed E-state index contributed by atoms with van der Waals surface area (Å²) in [5, 5.41) is 9.43. The summed E-state index contributed by atoms with van der Waals surface area (Å²) in [4.78, 5) is 31.6. The number of fused-ring (bicyclic) bond motifs is 3. The molecule has 1 fully saturated rings. The van der Waals surface area contributed by atoms with Crippen LogP contribution in [0.15, 0.2) is 16.9 Å². The number of carbonyl (C=O) groups is 1. The van der Waals surface area contributed by atoms with Crippen LogP contribution in [0.5, 0.6) is 11.5 Å². The summed E-state index contributed by atoms with van der Waals surface area (Å²) in [6, 6.07) is 3.27. The Morgan fingerprint density at radius 3 is 2.65 bits per heavy atom. The Bertz CT molecular complexity index is 1060. The molecule has 0 radical (unpaired) electrons. The van der Waals surface area contributed by atoms with Gasteiger partial charge in [0.15, 0.2) is 5.75 Å². The first-order valence-electron chi connectivity index (χ1n) is 10.5. The molecule has 0 aromatic carbocycles. The highest BCUT2D eigenvalue weighted by molar-refractivity contribution is 5.88.